The molecular formula is C10H17NO. The normalized spacial score (nSPS) is 23.8. The Kier molecular flexibility index (Phi) is 3.32. The highest BCUT2D eigenvalue weighted by Crippen LogP contribution is 2.17. The number of nitrogens with zero attached hydrogens (tertiary/aromatic N) is 1. The summed E-state index contributed by atoms with van der Waals surface area (Å²) in [5.74, 6) is 1.56. The van der Waals surface area contributed by atoms with Gasteiger partial charge in [-0.05, 0) is 25.8 Å². The summed E-state index contributed by atoms with van der Waals surface area (Å²) in [5, 5.41) is 4.05. The Labute approximate surface area is 74.3 Å². The lowest BCUT2D eigenvalue weighted by Crippen LogP contribution is -2.03. The molecule has 0 spiro atoms. The summed E-state index contributed by atoms with van der Waals surface area (Å²) in [6, 6.07) is 0. The van der Waals surface area contributed by atoms with Crippen LogP contribution >= 0.6 is 0 Å². The van der Waals surface area contributed by atoms with Gasteiger partial charge in [-0.25, -0.2) is 0 Å². The molecular weight excluding hydrogens is 150 g/mol. The van der Waals surface area contributed by atoms with E-state index >= 15 is 0 Å². The molecule has 1 rings (SSSR count). The van der Waals surface area contributed by atoms with Crippen LogP contribution in [0.15, 0.2) is 17.0 Å². The predicted molar refractivity (Wildman–Crippen MR) is 51.0 cm³/mol. The largest absolute Gasteiger partial charge is 0.362 e. The molecule has 68 valence electrons. The molecule has 0 amide bonds. The van der Waals surface area contributed by atoms with Gasteiger partial charge in [-0.1, -0.05) is 19.0 Å². The standard InChI is InChI=1S/C10H17NO/c1-4-5-10-7-6-8(2)9(3)11-12-10/h7-8H,4-6H2,1-3H3. The van der Waals surface area contributed by atoms with Crippen LogP contribution < -0.4 is 0 Å². The zero-order chi connectivity index (χ0) is 8.97. The van der Waals surface area contributed by atoms with Gasteiger partial charge >= 0.3 is 0 Å². The molecule has 1 aliphatic rings. The Bertz CT molecular complexity index is 206. The van der Waals surface area contributed by atoms with Crippen molar-refractivity contribution in [3.63, 3.8) is 0 Å². The van der Waals surface area contributed by atoms with Gasteiger partial charge in [0, 0.05) is 12.3 Å². The Morgan fingerprint density at radius 3 is 3.08 bits per heavy atom. The summed E-state index contributed by atoms with van der Waals surface area (Å²) in [6.07, 6.45) is 5.34. The fourth-order valence-electron chi connectivity index (χ4n) is 1.13. The maximum atomic E-state index is 5.28. The summed E-state index contributed by atoms with van der Waals surface area (Å²) in [7, 11) is 0. The van der Waals surface area contributed by atoms with Crippen LogP contribution in [0.2, 0.25) is 0 Å². The van der Waals surface area contributed by atoms with Crippen LogP contribution in [0, 0.1) is 5.92 Å². The van der Waals surface area contributed by atoms with E-state index in [4.69, 9.17) is 4.84 Å². The van der Waals surface area contributed by atoms with E-state index in [0.717, 1.165) is 30.7 Å². The molecule has 0 N–H and O–H groups in total. The summed E-state index contributed by atoms with van der Waals surface area (Å²) in [4.78, 5) is 5.28. The third-order valence-electron chi connectivity index (χ3n) is 2.22. The fourth-order valence-corrected chi connectivity index (χ4v) is 1.13. The van der Waals surface area contributed by atoms with Crippen molar-refractivity contribution in [2.45, 2.75) is 40.0 Å². The lowest BCUT2D eigenvalue weighted by Gasteiger charge is -2.02. The molecule has 0 aromatic carbocycles. The van der Waals surface area contributed by atoms with Crippen LogP contribution in [0.25, 0.3) is 0 Å². The van der Waals surface area contributed by atoms with Crippen molar-refractivity contribution in [3.05, 3.63) is 11.8 Å². The molecule has 0 aromatic heterocycles. The number of rotatable bonds is 2. The van der Waals surface area contributed by atoms with Crippen LogP contribution in [-0.4, -0.2) is 5.71 Å². The van der Waals surface area contributed by atoms with Crippen LogP contribution in [0.1, 0.15) is 40.0 Å². The number of allylic oxidation sites excluding steroid dienone is 2. The van der Waals surface area contributed by atoms with Gasteiger partial charge in [0.15, 0.2) is 0 Å². The Hall–Kier alpha value is -0.790. The van der Waals surface area contributed by atoms with E-state index in [-0.39, 0.29) is 0 Å². The Morgan fingerprint density at radius 2 is 2.42 bits per heavy atom. The van der Waals surface area contributed by atoms with E-state index in [1.807, 2.05) is 6.92 Å². The van der Waals surface area contributed by atoms with Crippen molar-refractivity contribution in [1.29, 1.82) is 0 Å². The molecule has 0 radical (unpaired) electrons. The van der Waals surface area contributed by atoms with Gasteiger partial charge in [0.25, 0.3) is 0 Å². The SMILES string of the molecule is CCCC1=CCC(C)C(C)=NO1. The van der Waals surface area contributed by atoms with Crippen LogP contribution in [0.5, 0.6) is 0 Å². The van der Waals surface area contributed by atoms with E-state index in [9.17, 15) is 0 Å². The topological polar surface area (TPSA) is 21.6 Å². The summed E-state index contributed by atoms with van der Waals surface area (Å²) in [5.41, 5.74) is 1.09. The van der Waals surface area contributed by atoms with Crippen molar-refractivity contribution in [1.82, 2.24) is 0 Å². The van der Waals surface area contributed by atoms with Crippen molar-refractivity contribution in [3.8, 4) is 0 Å². The van der Waals surface area contributed by atoms with Gasteiger partial charge in [-0.2, -0.15) is 0 Å². The number of hydrogen-bond donors (Lipinski definition) is 0. The highest BCUT2D eigenvalue weighted by Gasteiger charge is 2.10. The van der Waals surface area contributed by atoms with Crippen LogP contribution in [0.4, 0.5) is 0 Å². The van der Waals surface area contributed by atoms with E-state index in [0.29, 0.717) is 5.92 Å². The third-order valence-corrected chi connectivity index (χ3v) is 2.22. The van der Waals surface area contributed by atoms with Gasteiger partial charge in [-0.3, -0.25) is 0 Å². The molecule has 1 unspecified atom stereocenters. The second kappa shape index (κ2) is 4.29. The molecule has 1 aliphatic heterocycles. The second-order valence-corrected chi connectivity index (χ2v) is 3.38. The highest BCUT2D eigenvalue weighted by molar-refractivity contribution is 5.83. The van der Waals surface area contributed by atoms with Gasteiger partial charge in [0.05, 0.1) is 5.71 Å². The molecule has 0 bridgehead atoms. The van der Waals surface area contributed by atoms with Crippen molar-refractivity contribution < 1.29 is 4.84 Å². The lowest BCUT2D eigenvalue weighted by molar-refractivity contribution is 0.216. The molecule has 0 fully saturated rings. The van der Waals surface area contributed by atoms with Gasteiger partial charge in [-0.15, -0.1) is 0 Å². The van der Waals surface area contributed by atoms with E-state index < -0.39 is 0 Å². The first kappa shape index (κ1) is 9.30. The molecule has 0 saturated carbocycles. The smallest absolute Gasteiger partial charge is 0.131 e. The minimum absolute atomic E-state index is 0.527. The maximum absolute atomic E-state index is 5.28. The molecule has 1 heterocycles. The van der Waals surface area contributed by atoms with E-state index in [1.165, 1.54) is 0 Å². The van der Waals surface area contributed by atoms with E-state index in [2.05, 4.69) is 25.1 Å². The van der Waals surface area contributed by atoms with Crippen molar-refractivity contribution >= 4 is 5.71 Å². The number of oxime groups is 1. The zero-order valence-electron chi connectivity index (χ0n) is 8.13. The zero-order valence-corrected chi connectivity index (χ0v) is 8.13. The second-order valence-electron chi connectivity index (χ2n) is 3.38. The minimum Gasteiger partial charge on any atom is -0.362 e. The lowest BCUT2D eigenvalue weighted by atomic mass is 10.0. The van der Waals surface area contributed by atoms with Crippen LogP contribution in [-0.2, 0) is 4.84 Å². The Balaban J connectivity index is 2.59. The van der Waals surface area contributed by atoms with Crippen LogP contribution in [0.3, 0.4) is 0 Å². The first-order valence-electron chi connectivity index (χ1n) is 4.64. The first-order chi connectivity index (χ1) is 5.74. The molecule has 12 heavy (non-hydrogen) atoms. The summed E-state index contributed by atoms with van der Waals surface area (Å²) < 4.78 is 0. The van der Waals surface area contributed by atoms with Crippen molar-refractivity contribution in [2.24, 2.45) is 11.1 Å². The predicted octanol–water partition coefficient (Wildman–Crippen LogP) is 3.10. The molecule has 1 atom stereocenters. The maximum Gasteiger partial charge on any atom is 0.131 e. The summed E-state index contributed by atoms with van der Waals surface area (Å²) in [6.45, 7) is 6.34. The summed E-state index contributed by atoms with van der Waals surface area (Å²) >= 11 is 0. The van der Waals surface area contributed by atoms with Gasteiger partial charge < -0.3 is 4.84 Å². The molecule has 2 nitrogen and oxygen atoms in total. The van der Waals surface area contributed by atoms with E-state index in [1.54, 1.807) is 0 Å². The number of hydrogen-bond acceptors (Lipinski definition) is 2. The van der Waals surface area contributed by atoms with Gasteiger partial charge in [0.2, 0.25) is 0 Å². The molecule has 0 saturated heterocycles. The monoisotopic (exact) mass is 167 g/mol. The van der Waals surface area contributed by atoms with Gasteiger partial charge in [0.1, 0.15) is 5.76 Å². The molecule has 0 aliphatic carbocycles. The Morgan fingerprint density at radius 1 is 1.67 bits per heavy atom. The molecule has 0 aromatic rings. The minimum atomic E-state index is 0.527. The third kappa shape index (κ3) is 2.36. The fraction of sp³-hybridized carbons (Fsp3) is 0.700. The molecule has 2 heteroatoms. The average molecular weight is 167 g/mol. The highest BCUT2D eigenvalue weighted by atomic mass is 16.6. The van der Waals surface area contributed by atoms with Crippen molar-refractivity contribution in [2.75, 3.05) is 0 Å². The first-order valence-corrected chi connectivity index (χ1v) is 4.64. The quantitative estimate of drug-likeness (QED) is 0.619. The average Bonchev–Trinajstić information content (AvgIpc) is 2.20.